The van der Waals surface area contributed by atoms with E-state index in [1.165, 1.54) is 12.3 Å². The van der Waals surface area contributed by atoms with Crippen molar-refractivity contribution in [3.63, 3.8) is 0 Å². The maximum atomic E-state index is 11.8. The Kier molecular flexibility index (Phi) is 6.03. The highest BCUT2D eigenvalue weighted by molar-refractivity contribution is 7.89. The number of ether oxygens (including phenoxy) is 1. The summed E-state index contributed by atoms with van der Waals surface area (Å²) >= 11 is 0. The van der Waals surface area contributed by atoms with E-state index in [-0.39, 0.29) is 11.4 Å². The summed E-state index contributed by atoms with van der Waals surface area (Å²) in [6, 6.07) is 3.16. The molecule has 0 aromatic carbocycles. The molecule has 0 aliphatic heterocycles. The van der Waals surface area contributed by atoms with Crippen LogP contribution in [-0.4, -0.2) is 39.7 Å². The largest absolute Gasteiger partial charge is 0.380 e. The fraction of sp³-hybridized carbons (Fsp3) is 0.545. The molecule has 102 valence electrons. The van der Waals surface area contributed by atoms with Crippen molar-refractivity contribution in [3.05, 3.63) is 18.3 Å². The predicted molar refractivity (Wildman–Crippen MR) is 70.1 cm³/mol. The van der Waals surface area contributed by atoms with Gasteiger partial charge in [0.25, 0.3) is 0 Å². The van der Waals surface area contributed by atoms with Gasteiger partial charge in [0.2, 0.25) is 10.0 Å². The van der Waals surface area contributed by atoms with Crippen molar-refractivity contribution in [3.8, 4) is 0 Å². The maximum absolute atomic E-state index is 11.8. The van der Waals surface area contributed by atoms with Crippen LogP contribution in [0.5, 0.6) is 0 Å². The van der Waals surface area contributed by atoms with Crippen LogP contribution in [0, 0.1) is 0 Å². The van der Waals surface area contributed by atoms with Crippen LogP contribution in [0.2, 0.25) is 0 Å². The Morgan fingerprint density at radius 3 is 2.67 bits per heavy atom. The molecule has 2 N–H and O–H groups in total. The van der Waals surface area contributed by atoms with Gasteiger partial charge < -0.3 is 10.1 Å². The van der Waals surface area contributed by atoms with Crippen LogP contribution in [0.15, 0.2) is 23.2 Å². The number of pyridine rings is 1. The van der Waals surface area contributed by atoms with Crippen LogP contribution in [-0.2, 0) is 14.8 Å². The summed E-state index contributed by atoms with van der Waals surface area (Å²) in [5.41, 5.74) is 0. The average molecular weight is 273 g/mol. The molecule has 18 heavy (non-hydrogen) atoms. The Morgan fingerprint density at radius 2 is 2.11 bits per heavy atom. The normalized spacial score (nSPS) is 11.4. The van der Waals surface area contributed by atoms with Crippen molar-refractivity contribution in [2.24, 2.45) is 0 Å². The lowest BCUT2D eigenvalue weighted by Gasteiger charge is -2.07. The second kappa shape index (κ2) is 7.30. The molecule has 1 aromatic heterocycles. The lowest BCUT2D eigenvalue weighted by Crippen LogP contribution is -2.27. The minimum absolute atomic E-state index is 0.153. The van der Waals surface area contributed by atoms with E-state index in [1.807, 2.05) is 13.8 Å². The molecule has 1 heterocycles. The van der Waals surface area contributed by atoms with Crippen LogP contribution in [0.25, 0.3) is 0 Å². The highest BCUT2D eigenvalue weighted by Gasteiger charge is 2.13. The van der Waals surface area contributed by atoms with E-state index >= 15 is 0 Å². The Bertz CT molecular complexity index is 445. The van der Waals surface area contributed by atoms with Crippen molar-refractivity contribution in [2.45, 2.75) is 18.7 Å². The first-order chi connectivity index (χ1) is 8.60. The SMILES string of the molecule is CCNc1ccc(S(=O)(=O)NCCOCC)cn1. The molecule has 0 atom stereocenters. The quantitative estimate of drug-likeness (QED) is 0.686. The Balaban J connectivity index is 2.61. The van der Waals surface area contributed by atoms with Gasteiger partial charge in [0.15, 0.2) is 0 Å². The van der Waals surface area contributed by atoms with Crippen LogP contribution >= 0.6 is 0 Å². The summed E-state index contributed by atoms with van der Waals surface area (Å²) < 4.78 is 31.2. The summed E-state index contributed by atoms with van der Waals surface area (Å²) in [5.74, 6) is 0.658. The molecule has 6 nitrogen and oxygen atoms in total. The van der Waals surface area contributed by atoms with E-state index in [2.05, 4.69) is 15.0 Å². The van der Waals surface area contributed by atoms with E-state index in [0.29, 0.717) is 19.0 Å². The molecule has 0 aliphatic rings. The minimum Gasteiger partial charge on any atom is -0.380 e. The van der Waals surface area contributed by atoms with Gasteiger partial charge in [0.1, 0.15) is 10.7 Å². The van der Waals surface area contributed by atoms with Crippen molar-refractivity contribution >= 4 is 15.8 Å². The molecule has 0 unspecified atom stereocenters. The second-order valence-corrected chi connectivity index (χ2v) is 5.27. The molecular formula is C11H19N3O3S. The topological polar surface area (TPSA) is 80.3 Å². The van der Waals surface area contributed by atoms with Crippen molar-refractivity contribution in [1.82, 2.24) is 9.71 Å². The molecule has 0 saturated carbocycles. The van der Waals surface area contributed by atoms with Crippen molar-refractivity contribution in [2.75, 3.05) is 31.6 Å². The van der Waals surface area contributed by atoms with E-state index < -0.39 is 10.0 Å². The average Bonchev–Trinajstić information content (AvgIpc) is 2.36. The van der Waals surface area contributed by atoms with Crippen LogP contribution in [0.1, 0.15) is 13.8 Å². The van der Waals surface area contributed by atoms with E-state index in [4.69, 9.17) is 4.74 Å². The van der Waals surface area contributed by atoms with Crippen LogP contribution in [0.3, 0.4) is 0 Å². The Morgan fingerprint density at radius 1 is 1.33 bits per heavy atom. The van der Waals surface area contributed by atoms with Crippen molar-refractivity contribution < 1.29 is 13.2 Å². The van der Waals surface area contributed by atoms with Gasteiger partial charge in [0.05, 0.1) is 6.61 Å². The fourth-order valence-corrected chi connectivity index (χ4v) is 2.26. The molecule has 1 rings (SSSR count). The summed E-state index contributed by atoms with van der Waals surface area (Å²) in [4.78, 5) is 4.17. The number of hydrogen-bond acceptors (Lipinski definition) is 5. The summed E-state index contributed by atoms with van der Waals surface area (Å²) in [6.45, 7) is 5.73. The zero-order valence-electron chi connectivity index (χ0n) is 10.6. The number of sulfonamides is 1. The third kappa shape index (κ3) is 4.59. The smallest absolute Gasteiger partial charge is 0.242 e. The highest BCUT2D eigenvalue weighted by atomic mass is 32.2. The molecule has 1 aromatic rings. The van der Waals surface area contributed by atoms with Gasteiger partial charge in [-0.3, -0.25) is 0 Å². The number of anilines is 1. The van der Waals surface area contributed by atoms with Gasteiger partial charge in [-0.2, -0.15) is 0 Å². The predicted octanol–water partition coefficient (Wildman–Crippen LogP) is 0.828. The molecule has 0 aliphatic carbocycles. The lowest BCUT2D eigenvalue weighted by atomic mass is 10.4. The molecular weight excluding hydrogens is 254 g/mol. The minimum atomic E-state index is -3.49. The van der Waals surface area contributed by atoms with Gasteiger partial charge in [0, 0.05) is 25.9 Å². The molecule has 0 saturated heterocycles. The molecule has 0 amide bonds. The number of rotatable bonds is 8. The number of aromatic nitrogens is 1. The molecule has 0 fully saturated rings. The first-order valence-electron chi connectivity index (χ1n) is 5.87. The molecule has 7 heteroatoms. The number of nitrogens with one attached hydrogen (secondary N) is 2. The van der Waals surface area contributed by atoms with Gasteiger partial charge in [-0.1, -0.05) is 0 Å². The summed E-state index contributed by atoms with van der Waals surface area (Å²) in [5, 5.41) is 3.00. The van der Waals surface area contributed by atoms with E-state index in [0.717, 1.165) is 6.54 Å². The van der Waals surface area contributed by atoms with Gasteiger partial charge in [-0.05, 0) is 26.0 Å². The van der Waals surface area contributed by atoms with E-state index in [9.17, 15) is 8.42 Å². The molecule has 0 bridgehead atoms. The lowest BCUT2D eigenvalue weighted by molar-refractivity contribution is 0.153. The van der Waals surface area contributed by atoms with E-state index in [1.54, 1.807) is 6.07 Å². The van der Waals surface area contributed by atoms with Gasteiger partial charge in [-0.15, -0.1) is 0 Å². The highest BCUT2D eigenvalue weighted by Crippen LogP contribution is 2.09. The standard InChI is InChI=1S/C11H19N3O3S/c1-3-12-11-6-5-10(9-13-11)18(15,16)14-7-8-17-4-2/h5-6,9,14H,3-4,7-8H2,1-2H3,(H,12,13). The third-order valence-electron chi connectivity index (χ3n) is 2.15. The third-order valence-corrected chi connectivity index (χ3v) is 3.59. The summed E-state index contributed by atoms with van der Waals surface area (Å²) in [6.07, 6.45) is 1.33. The first kappa shape index (κ1) is 14.9. The number of hydrogen-bond donors (Lipinski definition) is 2. The number of nitrogens with zero attached hydrogens (tertiary/aromatic N) is 1. The maximum Gasteiger partial charge on any atom is 0.242 e. The van der Waals surface area contributed by atoms with Gasteiger partial charge >= 0.3 is 0 Å². The van der Waals surface area contributed by atoms with Crippen LogP contribution < -0.4 is 10.0 Å². The zero-order valence-corrected chi connectivity index (χ0v) is 11.5. The van der Waals surface area contributed by atoms with Crippen LogP contribution in [0.4, 0.5) is 5.82 Å². The monoisotopic (exact) mass is 273 g/mol. The molecule has 0 radical (unpaired) electrons. The van der Waals surface area contributed by atoms with Gasteiger partial charge in [-0.25, -0.2) is 18.1 Å². The van der Waals surface area contributed by atoms with Crippen molar-refractivity contribution in [1.29, 1.82) is 0 Å². The molecule has 0 spiro atoms. The zero-order chi connectivity index (χ0) is 13.4. The Hall–Kier alpha value is -1.18. The summed E-state index contributed by atoms with van der Waals surface area (Å²) in [7, 11) is -3.49. The second-order valence-electron chi connectivity index (χ2n) is 3.50. The first-order valence-corrected chi connectivity index (χ1v) is 7.35. The fourth-order valence-electron chi connectivity index (χ4n) is 1.30. The Labute approximate surface area is 108 Å².